The average molecular weight is 255 g/mol. The Hall–Kier alpha value is -1.97. The molecular weight excluding hydrogens is 238 g/mol. The average Bonchev–Trinajstić information content (AvgIpc) is 3.15. The van der Waals surface area contributed by atoms with Crippen LogP contribution in [0.5, 0.6) is 0 Å². The number of carbonyl (C=O) groups excluding carboxylic acids is 1. The quantitative estimate of drug-likeness (QED) is 0.766. The van der Waals surface area contributed by atoms with Gasteiger partial charge < -0.3 is 0 Å². The molecule has 1 heterocycles. The second-order valence-corrected chi connectivity index (χ2v) is 5.16. The molecule has 19 heavy (non-hydrogen) atoms. The van der Waals surface area contributed by atoms with E-state index in [2.05, 4.69) is 10.1 Å². The molecule has 3 rings (SSSR count). The molecule has 1 aromatic carbocycles. The Kier molecular flexibility index (Phi) is 2.93. The number of benzene rings is 1. The largest absolute Gasteiger partial charge is 0.290 e. The maximum Gasteiger partial charge on any atom is 0.261 e. The van der Waals surface area contributed by atoms with Crippen molar-refractivity contribution in [2.45, 2.75) is 32.7 Å². The van der Waals surface area contributed by atoms with Gasteiger partial charge in [-0.1, -0.05) is 18.2 Å². The van der Waals surface area contributed by atoms with Gasteiger partial charge in [0.15, 0.2) is 0 Å². The van der Waals surface area contributed by atoms with E-state index in [1.165, 1.54) is 5.01 Å². The monoisotopic (exact) mass is 255 g/mol. The number of hydrogen-bond acceptors (Lipinski definition) is 3. The molecule has 0 spiro atoms. The third-order valence-electron chi connectivity index (χ3n) is 3.48. The van der Waals surface area contributed by atoms with Gasteiger partial charge in [0.05, 0.1) is 17.4 Å². The molecule has 4 nitrogen and oxygen atoms in total. The van der Waals surface area contributed by atoms with Crippen molar-refractivity contribution in [2.75, 3.05) is 5.01 Å². The van der Waals surface area contributed by atoms with E-state index in [-0.39, 0.29) is 11.8 Å². The number of rotatable bonds is 3. The maximum atomic E-state index is 12.5. The Labute approximate surface area is 112 Å². The van der Waals surface area contributed by atoms with Gasteiger partial charge in [-0.15, -0.1) is 0 Å². The highest BCUT2D eigenvalue weighted by Crippen LogP contribution is 2.28. The smallest absolute Gasteiger partial charge is 0.261 e. The van der Waals surface area contributed by atoms with E-state index in [1.54, 1.807) is 0 Å². The Bertz CT molecular complexity index is 558. The number of nitrogens with zero attached hydrogens (tertiary/aromatic N) is 3. The van der Waals surface area contributed by atoms with Crippen molar-refractivity contribution in [3.8, 4) is 0 Å². The summed E-state index contributed by atoms with van der Waals surface area (Å²) in [6, 6.07) is 9.97. The lowest BCUT2D eigenvalue weighted by Gasteiger charge is -2.14. The van der Waals surface area contributed by atoms with E-state index >= 15 is 0 Å². The minimum atomic E-state index is -0.277. The highest BCUT2D eigenvalue weighted by Gasteiger charge is 2.37. The third-order valence-corrected chi connectivity index (χ3v) is 3.48. The fourth-order valence-corrected chi connectivity index (χ4v) is 2.37. The summed E-state index contributed by atoms with van der Waals surface area (Å²) in [5.41, 5.74) is 2.54. The van der Waals surface area contributed by atoms with Crippen LogP contribution < -0.4 is 5.01 Å². The predicted molar refractivity (Wildman–Crippen MR) is 76.7 cm³/mol. The molecular formula is C15H17N3O. The van der Waals surface area contributed by atoms with Crippen LogP contribution in [0.2, 0.25) is 0 Å². The molecule has 1 atom stereocenters. The Balaban J connectivity index is 1.87. The summed E-state index contributed by atoms with van der Waals surface area (Å²) in [6.07, 6.45) is 2.30. The summed E-state index contributed by atoms with van der Waals surface area (Å²) in [5, 5.41) is 5.88. The summed E-state index contributed by atoms with van der Waals surface area (Å²) in [6.45, 7) is 3.84. The molecule has 0 aromatic heterocycles. The molecule has 0 radical (unpaired) electrons. The molecule has 1 amide bonds. The summed E-state index contributed by atoms with van der Waals surface area (Å²) in [5.74, 6) is -0.272. The standard InChI is InChI=1S/C15H17N3O/c1-10(16-12-8-9-12)14-11(2)17-18(15(14)19)13-6-4-3-5-7-13/h3-7,12,14H,8-9H2,1-2H3/t14-/m1/s1. The van der Waals surface area contributed by atoms with Gasteiger partial charge in [-0.05, 0) is 38.8 Å². The number of hydrogen-bond donors (Lipinski definition) is 0. The zero-order chi connectivity index (χ0) is 13.4. The molecule has 98 valence electrons. The van der Waals surface area contributed by atoms with Gasteiger partial charge in [-0.2, -0.15) is 10.1 Å². The van der Waals surface area contributed by atoms with E-state index in [4.69, 9.17) is 0 Å². The summed E-state index contributed by atoms with van der Waals surface area (Å²) in [7, 11) is 0. The second-order valence-electron chi connectivity index (χ2n) is 5.16. The number of carbonyl (C=O) groups is 1. The van der Waals surface area contributed by atoms with Gasteiger partial charge in [0.2, 0.25) is 0 Å². The maximum absolute atomic E-state index is 12.5. The third kappa shape index (κ3) is 2.30. The van der Waals surface area contributed by atoms with Crippen LogP contribution in [0.3, 0.4) is 0 Å². The SMILES string of the molecule is CC(=NC1CC1)[C@H]1C(=O)N(c2ccccc2)N=C1C. The topological polar surface area (TPSA) is 45.0 Å². The lowest BCUT2D eigenvalue weighted by Crippen LogP contribution is -2.31. The van der Waals surface area contributed by atoms with Crippen molar-refractivity contribution in [1.29, 1.82) is 0 Å². The Morgan fingerprint density at radius 3 is 2.63 bits per heavy atom. The first kappa shape index (κ1) is 12.1. The van der Waals surface area contributed by atoms with E-state index < -0.39 is 0 Å². The first-order chi connectivity index (χ1) is 9.16. The van der Waals surface area contributed by atoms with Crippen LogP contribution in [0.1, 0.15) is 26.7 Å². The number of anilines is 1. The van der Waals surface area contributed by atoms with Crippen molar-refractivity contribution in [3.05, 3.63) is 30.3 Å². The molecule has 0 bridgehead atoms. The van der Waals surface area contributed by atoms with E-state index in [0.29, 0.717) is 6.04 Å². The predicted octanol–water partition coefficient (Wildman–Crippen LogP) is 2.65. The summed E-state index contributed by atoms with van der Waals surface area (Å²) < 4.78 is 0. The second kappa shape index (κ2) is 4.61. The van der Waals surface area contributed by atoms with E-state index in [9.17, 15) is 4.79 Å². The van der Waals surface area contributed by atoms with Gasteiger partial charge in [-0.3, -0.25) is 9.79 Å². The van der Waals surface area contributed by atoms with Gasteiger partial charge in [0.25, 0.3) is 5.91 Å². The number of aliphatic imine (C=N–C) groups is 1. The molecule has 0 saturated heterocycles. The molecule has 0 N–H and O–H groups in total. The molecule has 1 aromatic rings. The zero-order valence-electron chi connectivity index (χ0n) is 11.2. The fourth-order valence-electron chi connectivity index (χ4n) is 2.37. The first-order valence-electron chi connectivity index (χ1n) is 6.65. The highest BCUT2D eigenvalue weighted by atomic mass is 16.2. The Morgan fingerprint density at radius 2 is 2.00 bits per heavy atom. The lowest BCUT2D eigenvalue weighted by atomic mass is 9.99. The van der Waals surface area contributed by atoms with E-state index in [1.807, 2.05) is 44.2 Å². The van der Waals surface area contributed by atoms with Crippen LogP contribution in [0, 0.1) is 5.92 Å². The van der Waals surface area contributed by atoms with Crippen molar-refractivity contribution in [1.82, 2.24) is 0 Å². The van der Waals surface area contributed by atoms with Crippen LogP contribution in [-0.2, 0) is 4.79 Å². The van der Waals surface area contributed by atoms with Crippen molar-refractivity contribution < 1.29 is 4.79 Å². The molecule has 2 aliphatic rings. The van der Waals surface area contributed by atoms with Gasteiger partial charge in [0, 0.05) is 5.71 Å². The zero-order valence-corrected chi connectivity index (χ0v) is 11.2. The number of para-hydroxylation sites is 1. The van der Waals surface area contributed by atoms with Gasteiger partial charge >= 0.3 is 0 Å². The molecule has 1 aliphatic carbocycles. The van der Waals surface area contributed by atoms with Crippen LogP contribution in [0.25, 0.3) is 0 Å². The molecule has 0 unspecified atom stereocenters. The summed E-state index contributed by atoms with van der Waals surface area (Å²) >= 11 is 0. The summed E-state index contributed by atoms with van der Waals surface area (Å²) in [4.78, 5) is 17.1. The normalized spacial score (nSPS) is 23.8. The molecule has 4 heteroatoms. The van der Waals surface area contributed by atoms with Gasteiger partial charge in [-0.25, -0.2) is 0 Å². The highest BCUT2D eigenvalue weighted by molar-refractivity contribution is 6.27. The number of amides is 1. The molecule has 1 saturated carbocycles. The van der Waals surface area contributed by atoms with Crippen molar-refractivity contribution >= 4 is 23.0 Å². The first-order valence-corrected chi connectivity index (χ1v) is 6.65. The van der Waals surface area contributed by atoms with Crippen LogP contribution in [-0.4, -0.2) is 23.4 Å². The van der Waals surface area contributed by atoms with Crippen molar-refractivity contribution in [3.63, 3.8) is 0 Å². The lowest BCUT2D eigenvalue weighted by molar-refractivity contribution is -0.118. The van der Waals surface area contributed by atoms with Crippen LogP contribution in [0.15, 0.2) is 40.4 Å². The minimum absolute atomic E-state index is 0.00519. The number of hydrazone groups is 1. The van der Waals surface area contributed by atoms with E-state index in [0.717, 1.165) is 30.0 Å². The minimum Gasteiger partial charge on any atom is -0.290 e. The van der Waals surface area contributed by atoms with Crippen LogP contribution >= 0.6 is 0 Å². The fraction of sp³-hybridized carbons (Fsp3) is 0.400. The molecule has 1 aliphatic heterocycles. The Morgan fingerprint density at radius 1 is 1.32 bits per heavy atom. The van der Waals surface area contributed by atoms with Gasteiger partial charge in [0.1, 0.15) is 5.92 Å². The molecule has 1 fully saturated rings. The van der Waals surface area contributed by atoms with Crippen LogP contribution in [0.4, 0.5) is 5.69 Å². The van der Waals surface area contributed by atoms with Crippen molar-refractivity contribution in [2.24, 2.45) is 16.0 Å².